The van der Waals surface area contributed by atoms with Crippen molar-refractivity contribution in [3.8, 4) is 0 Å². The molecule has 3 N–H and O–H groups in total. The van der Waals surface area contributed by atoms with E-state index in [-0.39, 0.29) is 5.91 Å². The third kappa shape index (κ3) is 4.88. The summed E-state index contributed by atoms with van der Waals surface area (Å²) in [6.07, 6.45) is 1.34. The van der Waals surface area contributed by atoms with Crippen LogP contribution in [-0.2, 0) is 11.2 Å². The maximum atomic E-state index is 11.6. The Morgan fingerprint density at radius 3 is 2.67 bits per heavy atom. The molecule has 1 amide bonds. The summed E-state index contributed by atoms with van der Waals surface area (Å²) in [5.41, 5.74) is 9.30. The topological polar surface area (TPSA) is 55.1 Å². The van der Waals surface area contributed by atoms with Gasteiger partial charge in [0, 0.05) is 13.0 Å². The molecule has 0 saturated heterocycles. The molecule has 0 radical (unpaired) electrons. The molecule has 3 nitrogen and oxygen atoms in total. The monoisotopic (exact) mass is 248 g/mol. The predicted molar refractivity (Wildman–Crippen MR) is 75.5 cm³/mol. The van der Waals surface area contributed by atoms with Crippen molar-refractivity contribution in [2.75, 3.05) is 13.1 Å². The van der Waals surface area contributed by atoms with Gasteiger partial charge in [-0.15, -0.1) is 0 Å². The minimum atomic E-state index is 0.105. The number of benzene rings is 1. The molecule has 0 aromatic heterocycles. The molecule has 1 aromatic carbocycles. The van der Waals surface area contributed by atoms with E-state index < -0.39 is 0 Å². The highest BCUT2D eigenvalue weighted by molar-refractivity contribution is 5.76. The van der Waals surface area contributed by atoms with Gasteiger partial charge in [0.15, 0.2) is 0 Å². The zero-order valence-electron chi connectivity index (χ0n) is 11.6. The van der Waals surface area contributed by atoms with Crippen molar-refractivity contribution in [1.82, 2.24) is 5.32 Å². The van der Waals surface area contributed by atoms with E-state index in [0.717, 1.165) is 6.42 Å². The molecule has 0 heterocycles. The molecule has 1 rings (SSSR count). The molecular weight excluding hydrogens is 224 g/mol. The van der Waals surface area contributed by atoms with Crippen LogP contribution in [-0.4, -0.2) is 19.0 Å². The van der Waals surface area contributed by atoms with E-state index in [2.05, 4.69) is 37.4 Å². The summed E-state index contributed by atoms with van der Waals surface area (Å²) < 4.78 is 0. The largest absolute Gasteiger partial charge is 0.356 e. The van der Waals surface area contributed by atoms with Crippen LogP contribution < -0.4 is 11.1 Å². The van der Waals surface area contributed by atoms with Gasteiger partial charge in [-0.1, -0.05) is 25.1 Å². The molecule has 100 valence electrons. The molecule has 1 aromatic rings. The fraction of sp³-hybridized carbons (Fsp3) is 0.533. The summed E-state index contributed by atoms with van der Waals surface area (Å²) in [7, 11) is 0. The summed E-state index contributed by atoms with van der Waals surface area (Å²) in [6, 6.07) is 6.36. The van der Waals surface area contributed by atoms with Gasteiger partial charge in [-0.25, -0.2) is 0 Å². The first-order valence-corrected chi connectivity index (χ1v) is 6.55. The minimum absolute atomic E-state index is 0.105. The molecule has 3 heteroatoms. The first-order valence-electron chi connectivity index (χ1n) is 6.55. The lowest BCUT2D eigenvalue weighted by atomic mass is 10.0. The van der Waals surface area contributed by atoms with Crippen LogP contribution in [0.1, 0.15) is 30.0 Å². The first-order chi connectivity index (χ1) is 8.52. The summed E-state index contributed by atoms with van der Waals surface area (Å²) in [5.74, 6) is 0.448. The quantitative estimate of drug-likeness (QED) is 0.808. The number of nitrogens with two attached hydrogens (primary N) is 1. The van der Waals surface area contributed by atoms with Crippen molar-refractivity contribution in [3.63, 3.8) is 0 Å². The van der Waals surface area contributed by atoms with Crippen LogP contribution in [0, 0.1) is 19.8 Å². The Kier molecular flexibility index (Phi) is 5.86. The zero-order valence-corrected chi connectivity index (χ0v) is 11.6. The van der Waals surface area contributed by atoms with Gasteiger partial charge in [0.2, 0.25) is 5.91 Å². The average Bonchev–Trinajstić information content (AvgIpc) is 2.37. The molecule has 0 bridgehead atoms. The fourth-order valence-electron chi connectivity index (χ4n) is 1.68. The van der Waals surface area contributed by atoms with Crippen molar-refractivity contribution >= 4 is 5.91 Å². The molecular formula is C15H24N2O. The highest BCUT2D eigenvalue weighted by atomic mass is 16.1. The highest BCUT2D eigenvalue weighted by Gasteiger charge is 2.05. The molecule has 0 aliphatic carbocycles. The predicted octanol–water partition coefficient (Wildman–Crippen LogP) is 1.95. The van der Waals surface area contributed by atoms with Crippen molar-refractivity contribution in [2.24, 2.45) is 11.7 Å². The number of aryl methyl sites for hydroxylation is 3. The molecule has 1 unspecified atom stereocenters. The van der Waals surface area contributed by atoms with E-state index in [0.29, 0.717) is 25.4 Å². The summed E-state index contributed by atoms with van der Waals surface area (Å²) in [4.78, 5) is 11.6. The van der Waals surface area contributed by atoms with E-state index in [1.807, 2.05) is 6.92 Å². The van der Waals surface area contributed by atoms with Gasteiger partial charge < -0.3 is 11.1 Å². The van der Waals surface area contributed by atoms with E-state index >= 15 is 0 Å². The zero-order chi connectivity index (χ0) is 13.5. The van der Waals surface area contributed by atoms with E-state index in [9.17, 15) is 4.79 Å². The third-order valence-electron chi connectivity index (χ3n) is 3.26. The van der Waals surface area contributed by atoms with Gasteiger partial charge in [-0.3, -0.25) is 4.79 Å². The lowest BCUT2D eigenvalue weighted by Crippen LogP contribution is -2.31. The van der Waals surface area contributed by atoms with Crippen molar-refractivity contribution in [2.45, 2.75) is 33.6 Å². The highest BCUT2D eigenvalue weighted by Crippen LogP contribution is 2.11. The van der Waals surface area contributed by atoms with Crippen LogP contribution in [0.25, 0.3) is 0 Å². The Balaban J connectivity index is 2.36. The van der Waals surface area contributed by atoms with Crippen LogP contribution in [0.2, 0.25) is 0 Å². The van der Waals surface area contributed by atoms with Gasteiger partial charge in [0.1, 0.15) is 0 Å². The number of rotatable bonds is 6. The molecule has 0 fully saturated rings. The van der Waals surface area contributed by atoms with Gasteiger partial charge >= 0.3 is 0 Å². The van der Waals surface area contributed by atoms with Crippen LogP contribution in [0.15, 0.2) is 18.2 Å². The normalized spacial score (nSPS) is 12.2. The molecule has 18 heavy (non-hydrogen) atoms. The summed E-state index contributed by atoms with van der Waals surface area (Å²) >= 11 is 0. The van der Waals surface area contributed by atoms with Crippen LogP contribution in [0.3, 0.4) is 0 Å². The molecule has 1 atom stereocenters. The Hall–Kier alpha value is -1.35. The lowest BCUT2D eigenvalue weighted by molar-refractivity contribution is -0.121. The Bertz CT molecular complexity index is 401. The second kappa shape index (κ2) is 7.17. The van der Waals surface area contributed by atoms with Crippen LogP contribution >= 0.6 is 0 Å². The maximum Gasteiger partial charge on any atom is 0.220 e. The SMILES string of the molecule is Cc1ccc(CCC(=O)NCC(C)CN)cc1C. The third-order valence-corrected chi connectivity index (χ3v) is 3.26. The average molecular weight is 248 g/mol. The second-order valence-corrected chi connectivity index (χ2v) is 5.06. The number of amides is 1. The maximum absolute atomic E-state index is 11.6. The summed E-state index contributed by atoms with van der Waals surface area (Å²) in [5, 5.41) is 2.91. The van der Waals surface area contributed by atoms with Gasteiger partial charge in [0.05, 0.1) is 0 Å². The number of hydrogen-bond acceptors (Lipinski definition) is 2. The molecule has 0 aliphatic heterocycles. The lowest BCUT2D eigenvalue weighted by Gasteiger charge is -2.10. The van der Waals surface area contributed by atoms with E-state index in [4.69, 9.17) is 5.73 Å². The van der Waals surface area contributed by atoms with Gasteiger partial charge in [-0.2, -0.15) is 0 Å². The second-order valence-electron chi connectivity index (χ2n) is 5.06. The van der Waals surface area contributed by atoms with Gasteiger partial charge in [0.25, 0.3) is 0 Å². The van der Waals surface area contributed by atoms with E-state index in [1.54, 1.807) is 0 Å². The smallest absolute Gasteiger partial charge is 0.220 e. The van der Waals surface area contributed by atoms with E-state index in [1.165, 1.54) is 16.7 Å². The fourth-order valence-corrected chi connectivity index (χ4v) is 1.68. The van der Waals surface area contributed by atoms with Crippen molar-refractivity contribution in [3.05, 3.63) is 34.9 Å². The van der Waals surface area contributed by atoms with Crippen molar-refractivity contribution in [1.29, 1.82) is 0 Å². The Morgan fingerprint density at radius 2 is 2.06 bits per heavy atom. The molecule has 0 aliphatic rings. The first kappa shape index (κ1) is 14.7. The molecule has 0 spiro atoms. The molecule has 0 saturated carbocycles. The van der Waals surface area contributed by atoms with Crippen LogP contribution in [0.4, 0.5) is 0 Å². The number of carbonyl (C=O) groups is 1. The minimum Gasteiger partial charge on any atom is -0.356 e. The van der Waals surface area contributed by atoms with Crippen molar-refractivity contribution < 1.29 is 4.79 Å². The Labute approximate surface area is 110 Å². The standard InChI is InChI=1S/C15H24N2O/c1-11(9-16)10-17-15(18)7-6-14-5-4-12(2)13(3)8-14/h4-5,8,11H,6-7,9-10,16H2,1-3H3,(H,17,18). The van der Waals surface area contributed by atoms with Gasteiger partial charge in [-0.05, 0) is 49.4 Å². The van der Waals surface area contributed by atoms with Crippen LogP contribution in [0.5, 0.6) is 0 Å². The summed E-state index contributed by atoms with van der Waals surface area (Å²) in [6.45, 7) is 7.51. The number of carbonyl (C=O) groups excluding carboxylic acids is 1. The Morgan fingerprint density at radius 1 is 1.33 bits per heavy atom. The number of hydrogen-bond donors (Lipinski definition) is 2. The number of nitrogens with one attached hydrogen (secondary N) is 1.